The van der Waals surface area contributed by atoms with E-state index < -0.39 is 5.56 Å². The van der Waals surface area contributed by atoms with Crippen LogP contribution in [-0.2, 0) is 0 Å². The van der Waals surface area contributed by atoms with Crippen LogP contribution >= 0.6 is 0 Å². The number of nitrogen functional groups attached to an aromatic ring is 2. The zero-order chi connectivity index (χ0) is 11.5. The average Bonchev–Trinajstić information content (AvgIpc) is 2.27. The Morgan fingerprint density at radius 3 is 2.44 bits per heavy atom. The Morgan fingerprint density at radius 2 is 1.81 bits per heavy atom. The van der Waals surface area contributed by atoms with Crippen molar-refractivity contribution in [3.63, 3.8) is 0 Å². The largest absolute Gasteiger partial charge is 0.393 e. The number of aromatic amines is 1. The molecule has 82 valence electrons. The average molecular weight is 219 g/mol. The van der Waals surface area contributed by atoms with Crippen molar-refractivity contribution in [3.8, 4) is 0 Å². The molecule has 0 fully saturated rings. The summed E-state index contributed by atoms with van der Waals surface area (Å²) >= 11 is 0. The zero-order valence-electron chi connectivity index (χ0n) is 8.14. The predicted octanol–water partition coefficient (Wildman–Crippen LogP) is -0.532. The van der Waals surface area contributed by atoms with Gasteiger partial charge in [-0.25, -0.2) is 15.0 Å². The van der Waals surface area contributed by atoms with Crippen LogP contribution in [0.3, 0.4) is 0 Å². The molecule has 0 saturated carbocycles. The summed E-state index contributed by atoms with van der Waals surface area (Å²) in [5.41, 5.74) is 10.9. The number of aromatic nitrogens is 4. The van der Waals surface area contributed by atoms with Crippen molar-refractivity contribution in [2.45, 2.75) is 0 Å². The van der Waals surface area contributed by atoms with E-state index in [1.807, 2.05) is 0 Å². The van der Waals surface area contributed by atoms with Crippen LogP contribution in [0.1, 0.15) is 0 Å². The van der Waals surface area contributed by atoms with Gasteiger partial charge in [0.25, 0.3) is 5.56 Å². The van der Waals surface area contributed by atoms with E-state index in [1.54, 1.807) is 0 Å². The monoisotopic (exact) mass is 219 g/mol. The van der Waals surface area contributed by atoms with Crippen LogP contribution < -0.4 is 22.3 Å². The van der Waals surface area contributed by atoms with Crippen molar-refractivity contribution in [1.29, 1.82) is 0 Å². The molecule has 2 aromatic rings. The lowest BCUT2D eigenvalue weighted by Gasteiger charge is -2.03. The first-order chi connectivity index (χ1) is 7.65. The number of anilines is 4. The zero-order valence-corrected chi connectivity index (χ0v) is 8.14. The van der Waals surface area contributed by atoms with E-state index >= 15 is 0 Å². The Labute approximate surface area is 89.8 Å². The number of hydrogen-bond donors (Lipinski definition) is 4. The molecule has 16 heavy (non-hydrogen) atoms. The summed E-state index contributed by atoms with van der Waals surface area (Å²) in [6.45, 7) is 0. The summed E-state index contributed by atoms with van der Waals surface area (Å²) in [5, 5.41) is 2.80. The summed E-state index contributed by atoms with van der Waals surface area (Å²) in [6, 6.07) is 0. The highest BCUT2D eigenvalue weighted by Crippen LogP contribution is 2.08. The smallest absolute Gasteiger partial charge is 0.275 e. The molecule has 6 N–H and O–H groups in total. The maximum absolute atomic E-state index is 11.2. The summed E-state index contributed by atoms with van der Waals surface area (Å²) < 4.78 is 0. The molecule has 0 radical (unpaired) electrons. The Hall–Kier alpha value is -2.64. The van der Waals surface area contributed by atoms with Crippen molar-refractivity contribution < 1.29 is 0 Å². The highest BCUT2D eigenvalue weighted by molar-refractivity contribution is 5.51. The van der Waals surface area contributed by atoms with Crippen LogP contribution in [0, 0.1) is 0 Å². The molecule has 0 saturated heterocycles. The number of H-pyrrole nitrogens is 1. The molecule has 8 heteroatoms. The quantitative estimate of drug-likeness (QED) is 0.532. The molecule has 0 atom stereocenters. The first-order valence-electron chi connectivity index (χ1n) is 4.34. The van der Waals surface area contributed by atoms with Gasteiger partial charge >= 0.3 is 0 Å². The highest BCUT2D eigenvalue weighted by atomic mass is 16.1. The van der Waals surface area contributed by atoms with E-state index in [-0.39, 0.29) is 17.6 Å². The summed E-state index contributed by atoms with van der Waals surface area (Å²) in [7, 11) is 0. The highest BCUT2D eigenvalue weighted by Gasteiger charge is 2.00. The molecular formula is C8H9N7O. The second-order valence-electron chi connectivity index (χ2n) is 2.97. The van der Waals surface area contributed by atoms with Crippen molar-refractivity contribution in [2.24, 2.45) is 0 Å². The van der Waals surface area contributed by atoms with E-state index in [0.29, 0.717) is 5.69 Å². The first-order valence-corrected chi connectivity index (χ1v) is 4.34. The van der Waals surface area contributed by atoms with Crippen LogP contribution in [0.4, 0.5) is 23.3 Å². The Kier molecular flexibility index (Phi) is 2.38. The number of rotatable bonds is 2. The lowest BCUT2D eigenvalue weighted by Crippen LogP contribution is -2.14. The van der Waals surface area contributed by atoms with Gasteiger partial charge in [-0.1, -0.05) is 0 Å². The fraction of sp³-hybridized carbons (Fsp3) is 0. The number of nitrogens with zero attached hydrogens (tertiary/aromatic N) is 3. The molecule has 0 amide bonds. The SMILES string of the molecule is Nc1ncc(Nc2ncc(N)c(=O)[nH]2)cn1. The molecule has 0 unspecified atom stereocenters. The fourth-order valence-electron chi connectivity index (χ4n) is 1.01. The van der Waals surface area contributed by atoms with Crippen LogP contribution in [0.25, 0.3) is 0 Å². The van der Waals surface area contributed by atoms with Gasteiger partial charge in [0.1, 0.15) is 5.69 Å². The third-order valence-corrected chi connectivity index (χ3v) is 1.76. The van der Waals surface area contributed by atoms with Crippen molar-refractivity contribution >= 4 is 23.3 Å². The van der Waals surface area contributed by atoms with E-state index in [0.717, 1.165) is 0 Å². The van der Waals surface area contributed by atoms with Crippen LogP contribution in [0.2, 0.25) is 0 Å². The van der Waals surface area contributed by atoms with Crippen LogP contribution in [-0.4, -0.2) is 19.9 Å². The Bertz CT molecular complexity index is 547. The summed E-state index contributed by atoms with van der Waals surface area (Å²) in [5.74, 6) is 0.428. The van der Waals surface area contributed by atoms with Gasteiger partial charge < -0.3 is 16.8 Å². The van der Waals surface area contributed by atoms with Gasteiger partial charge in [-0.05, 0) is 0 Å². The molecule has 2 aromatic heterocycles. The van der Waals surface area contributed by atoms with Crippen molar-refractivity contribution in [3.05, 3.63) is 28.9 Å². The normalized spacial score (nSPS) is 10.0. The second kappa shape index (κ2) is 3.85. The predicted molar refractivity (Wildman–Crippen MR) is 59.0 cm³/mol. The Morgan fingerprint density at radius 1 is 1.12 bits per heavy atom. The lowest BCUT2D eigenvalue weighted by atomic mass is 10.5. The molecule has 0 aliphatic heterocycles. The van der Waals surface area contributed by atoms with Gasteiger partial charge in [0.05, 0.1) is 24.3 Å². The summed E-state index contributed by atoms with van der Waals surface area (Å²) in [6.07, 6.45) is 4.21. The van der Waals surface area contributed by atoms with Gasteiger partial charge in [0, 0.05) is 0 Å². The minimum Gasteiger partial charge on any atom is -0.393 e. The number of hydrogen-bond acceptors (Lipinski definition) is 7. The molecule has 2 rings (SSSR count). The van der Waals surface area contributed by atoms with Crippen molar-refractivity contribution in [1.82, 2.24) is 19.9 Å². The second-order valence-corrected chi connectivity index (χ2v) is 2.97. The first kappa shape index (κ1) is 9.90. The molecular weight excluding hydrogens is 210 g/mol. The number of nitrogens with two attached hydrogens (primary N) is 2. The molecule has 8 nitrogen and oxygen atoms in total. The van der Waals surface area contributed by atoms with Crippen LogP contribution in [0.5, 0.6) is 0 Å². The lowest BCUT2D eigenvalue weighted by molar-refractivity contribution is 1.11. The maximum atomic E-state index is 11.2. The molecule has 2 heterocycles. The summed E-state index contributed by atoms with van der Waals surface area (Å²) in [4.78, 5) is 25.0. The maximum Gasteiger partial charge on any atom is 0.275 e. The van der Waals surface area contributed by atoms with Gasteiger partial charge in [-0.2, -0.15) is 0 Å². The van der Waals surface area contributed by atoms with Gasteiger partial charge in [0.15, 0.2) is 0 Å². The third kappa shape index (κ3) is 2.05. The van der Waals surface area contributed by atoms with E-state index in [1.165, 1.54) is 18.6 Å². The Balaban J connectivity index is 2.24. The third-order valence-electron chi connectivity index (χ3n) is 1.76. The molecule has 0 aromatic carbocycles. The van der Waals surface area contributed by atoms with E-state index in [2.05, 4.69) is 25.3 Å². The molecule has 0 aliphatic carbocycles. The molecule has 0 bridgehead atoms. The fourth-order valence-corrected chi connectivity index (χ4v) is 1.01. The van der Waals surface area contributed by atoms with E-state index in [9.17, 15) is 4.79 Å². The standard InChI is InChI=1S/C8H9N7O/c9-5-3-13-8(15-6(5)16)14-4-1-11-7(10)12-2-4/h1-3H,9H2,(H2,10,11,12)(H2,13,14,15,16). The molecule has 0 spiro atoms. The van der Waals surface area contributed by atoms with E-state index in [4.69, 9.17) is 11.5 Å². The van der Waals surface area contributed by atoms with Crippen molar-refractivity contribution in [2.75, 3.05) is 16.8 Å². The van der Waals surface area contributed by atoms with Gasteiger partial charge in [-0.3, -0.25) is 9.78 Å². The minimum atomic E-state index is -0.408. The minimum absolute atomic E-state index is 0.0547. The van der Waals surface area contributed by atoms with Gasteiger partial charge in [0.2, 0.25) is 11.9 Å². The molecule has 0 aliphatic rings. The van der Waals surface area contributed by atoms with Gasteiger partial charge in [-0.15, -0.1) is 0 Å². The number of nitrogens with one attached hydrogen (secondary N) is 2. The topological polar surface area (TPSA) is 136 Å². The van der Waals surface area contributed by atoms with Crippen LogP contribution in [0.15, 0.2) is 23.4 Å².